The molecule has 2 aromatic rings. The molecule has 0 aromatic heterocycles. The first-order chi connectivity index (χ1) is 10.5. The van der Waals surface area contributed by atoms with Crippen molar-refractivity contribution in [3.63, 3.8) is 0 Å². The van der Waals surface area contributed by atoms with E-state index in [1.807, 2.05) is 0 Å². The van der Waals surface area contributed by atoms with Gasteiger partial charge in [-0.1, -0.05) is 72.8 Å². The molecule has 0 aliphatic rings. The number of aliphatic hydroxyl groups is 1. The Morgan fingerprint density at radius 3 is 2.00 bits per heavy atom. The lowest BCUT2D eigenvalue weighted by Gasteiger charge is -2.20. The maximum absolute atomic E-state index is 13.1. The van der Waals surface area contributed by atoms with Crippen LogP contribution < -0.4 is 0 Å². The van der Waals surface area contributed by atoms with E-state index in [1.165, 1.54) is 6.08 Å². The molecule has 0 aliphatic carbocycles. The van der Waals surface area contributed by atoms with Gasteiger partial charge in [0.15, 0.2) is 0 Å². The predicted octanol–water partition coefficient (Wildman–Crippen LogP) is 5.00. The number of benzene rings is 2. The molecular formula is C18H17F3O. The van der Waals surface area contributed by atoms with Gasteiger partial charge in [-0.3, -0.25) is 0 Å². The summed E-state index contributed by atoms with van der Waals surface area (Å²) in [5, 5.41) is 10.0. The van der Waals surface area contributed by atoms with E-state index in [4.69, 9.17) is 0 Å². The zero-order valence-electron chi connectivity index (χ0n) is 11.9. The van der Waals surface area contributed by atoms with Crippen molar-refractivity contribution < 1.29 is 18.3 Å². The highest BCUT2D eigenvalue weighted by atomic mass is 19.4. The van der Waals surface area contributed by atoms with Crippen molar-refractivity contribution in [3.8, 4) is 0 Å². The van der Waals surface area contributed by atoms with Crippen LogP contribution in [0.2, 0.25) is 0 Å². The van der Waals surface area contributed by atoms with Gasteiger partial charge in [-0.05, 0) is 17.5 Å². The van der Waals surface area contributed by atoms with Gasteiger partial charge in [0.05, 0.1) is 12.0 Å². The van der Waals surface area contributed by atoms with E-state index < -0.39 is 24.6 Å². The zero-order valence-corrected chi connectivity index (χ0v) is 11.9. The van der Waals surface area contributed by atoms with Crippen molar-refractivity contribution in [1.82, 2.24) is 0 Å². The molecule has 0 bridgehead atoms. The normalized spacial score (nSPS) is 14.9. The van der Waals surface area contributed by atoms with E-state index in [-0.39, 0.29) is 0 Å². The van der Waals surface area contributed by atoms with Gasteiger partial charge in [0, 0.05) is 0 Å². The second-order valence-corrected chi connectivity index (χ2v) is 5.08. The molecule has 0 spiro atoms. The summed E-state index contributed by atoms with van der Waals surface area (Å²) in [5.74, 6) is -1.69. The molecule has 0 radical (unpaired) electrons. The van der Waals surface area contributed by atoms with E-state index in [0.29, 0.717) is 11.1 Å². The van der Waals surface area contributed by atoms with Crippen LogP contribution in [0.4, 0.5) is 13.2 Å². The van der Waals surface area contributed by atoms with Crippen molar-refractivity contribution in [3.05, 3.63) is 77.9 Å². The van der Waals surface area contributed by atoms with Crippen LogP contribution in [-0.2, 0) is 0 Å². The Morgan fingerprint density at radius 2 is 1.45 bits per heavy atom. The second kappa shape index (κ2) is 7.27. The number of halogens is 3. The van der Waals surface area contributed by atoms with Crippen molar-refractivity contribution in [2.24, 2.45) is 5.92 Å². The predicted molar refractivity (Wildman–Crippen MR) is 81.0 cm³/mol. The van der Waals surface area contributed by atoms with Crippen LogP contribution in [0.25, 0.3) is 6.08 Å². The first-order valence-electron chi connectivity index (χ1n) is 7.00. The monoisotopic (exact) mass is 306 g/mol. The number of allylic oxidation sites excluding steroid dienone is 1. The summed E-state index contributed by atoms with van der Waals surface area (Å²) in [6.45, 7) is 0. The van der Waals surface area contributed by atoms with E-state index in [0.717, 1.165) is 6.08 Å². The van der Waals surface area contributed by atoms with Crippen LogP contribution in [0.15, 0.2) is 66.7 Å². The van der Waals surface area contributed by atoms with Crippen molar-refractivity contribution in [2.45, 2.75) is 18.7 Å². The van der Waals surface area contributed by atoms with Gasteiger partial charge in [0.1, 0.15) is 0 Å². The molecule has 0 fully saturated rings. The molecule has 2 atom stereocenters. The van der Waals surface area contributed by atoms with Crippen LogP contribution >= 0.6 is 0 Å². The van der Waals surface area contributed by atoms with Crippen molar-refractivity contribution >= 4 is 6.08 Å². The SMILES string of the molecule is O[C@@H](CC(/C=C/c1ccccc1)C(F)(F)F)c1ccccc1. The summed E-state index contributed by atoms with van der Waals surface area (Å²) < 4.78 is 39.4. The Bertz CT molecular complexity index is 591. The number of alkyl halides is 3. The molecule has 1 N–H and O–H groups in total. The van der Waals surface area contributed by atoms with Gasteiger partial charge in [0.25, 0.3) is 0 Å². The topological polar surface area (TPSA) is 20.2 Å². The van der Waals surface area contributed by atoms with Crippen LogP contribution in [0, 0.1) is 5.92 Å². The molecule has 4 heteroatoms. The molecule has 0 amide bonds. The minimum Gasteiger partial charge on any atom is -0.388 e. The van der Waals surface area contributed by atoms with Crippen LogP contribution in [0.5, 0.6) is 0 Å². The minimum absolute atomic E-state index is 0.392. The van der Waals surface area contributed by atoms with Crippen LogP contribution in [-0.4, -0.2) is 11.3 Å². The van der Waals surface area contributed by atoms with E-state index in [1.54, 1.807) is 60.7 Å². The first-order valence-corrected chi connectivity index (χ1v) is 7.00. The summed E-state index contributed by atoms with van der Waals surface area (Å²) in [7, 11) is 0. The smallest absolute Gasteiger partial charge is 0.388 e. The minimum atomic E-state index is -4.39. The maximum Gasteiger partial charge on any atom is 0.395 e. The van der Waals surface area contributed by atoms with Gasteiger partial charge < -0.3 is 5.11 Å². The Morgan fingerprint density at radius 1 is 0.909 bits per heavy atom. The van der Waals surface area contributed by atoms with Crippen molar-refractivity contribution in [2.75, 3.05) is 0 Å². The van der Waals surface area contributed by atoms with Crippen LogP contribution in [0.1, 0.15) is 23.7 Å². The molecule has 1 unspecified atom stereocenters. The quantitative estimate of drug-likeness (QED) is 0.824. The molecular weight excluding hydrogens is 289 g/mol. The maximum atomic E-state index is 13.1. The van der Waals surface area contributed by atoms with E-state index >= 15 is 0 Å². The average Bonchev–Trinajstić information content (AvgIpc) is 2.52. The number of rotatable bonds is 5. The molecule has 116 valence electrons. The fourth-order valence-corrected chi connectivity index (χ4v) is 2.16. The fraction of sp³-hybridized carbons (Fsp3) is 0.222. The third kappa shape index (κ3) is 4.74. The Hall–Kier alpha value is -2.07. The molecule has 1 nitrogen and oxygen atoms in total. The largest absolute Gasteiger partial charge is 0.395 e. The van der Waals surface area contributed by atoms with Crippen LogP contribution in [0.3, 0.4) is 0 Å². The summed E-state index contributed by atoms with van der Waals surface area (Å²) in [6.07, 6.45) is -3.37. The highest BCUT2D eigenvalue weighted by Crippen LogP contribution is 2.35. The highest BCUT2D eigenvalue weighted by Gasteiger charge is 2.38. The second-order valence-electron chi connectivity index (χ2n) is 5.08. The summed E-state index contributed by atoms with van der Waals surface area (Å²) in [6, 6.07) is 17.2. The van der Waals surface area contributed by atoms with Gasteiger partial charge in [-0.15, -0.1) is 0 Å². The molecule has 2 rings (SSSR count). The lowest BCUT2D eigenvalue weighted by atomic mass is 9.95. The number of hydrogen-bond donors (Lipinski definition) is 1. The van der Waals surface area contributed by atoms with E-state index in [2.05, 4.69) is 0 Å². The lowest BCUT2D eigenvalue weighted by Crippen LogP contribution is -2.23. The van der Waals surface area contributed by atoms with Gasteiger partial charge in [0.2, 0.25) is 0 Å². The van der Waals surface area contributed by atoms with Gasteiger partial charge in [-0.25, -0.2) is 0 Å². The summed E-state index contributed by atoms with van der Waals surface area (Å²) in [5.41, 5.74) is 1.19. The first kappa shape index (κ1) is 16.3. The molecule has 0 aliphatic heterocycles. The molecule has 2 aromatic carbocycles. The summed E-state index contributed by atoms with van der Waals surface area (Å²) in [4.78, 5) is 0. The Balaban J connectivity index is 2.12. The molecule has 22 heavy (non-hydrogen) atoms. The standard InChI is InChI=1S/C18H17F3O/c19-18(20,21)16(12-11-14-7-3-1-4-8-14)13-17(22)15-9-5-2-6-10-15/h1-12,16-17,22H,13H2/b12-11+/t16?,17-/m0/s1. The van der Waals surface area contributed by atoms with E-state index in [9.17, 15) is 18.3 Å². The fourth-order valence-electron chi connectivity index (χ4n) is 2.16. The van der Waals surface area contributed by atoms with Gasteiger partial charge in [-0.2, -0.15) is 13.2 Å². The summed E-state index contributed by atoms with van der Waals surface area (Å²) >= 11 is 0. The van der Waals surface area contributed by atoms with Crippen molar-refractivity contribution in [1.29, 1.82) is 0 Å². The average molecular weight is 306 g/mol. The third-order valence-electron chi connectivity index (χ3n) is 3.40. The molecule has 0 saturated heterocycles. The third-order valence-corrected chi connectivity index (χ3v) is 3.40. The molecule has 0 saturated carbocycles. The zero-order chi connectivity index (χ0) is 16.0. The Labute approximate surface area is 127 Å². The molecule has 0 heterocycles. The number of hydrogen-bond acceptors (Lipinski definition) is 1. The Kier molecular flexibility index (Phi) is 5.39. The number of aliphatic hydroxyl groups excluding tert-OH is 1. The lowest BCUT2D eigenvalue weighted by molar-refractivity contribution is -0.167. The van der Waals surface area contributed by atoms with Gasteiger partial charge >= 0.3 is 6.18 Å². The highest BCUT2D eigenvalue weighted by molar-refractivity contribution is 5.49.